The molecule has 2 N–H and O–H groups in total. The van der Waals surface area contributed by atoms with Gasteiger partial charge >= 0.3 is 0 Å². The smallest absolute Gasteiger partial charge is 0.251 e. The van der Waals surface area contributed by atoms with Crippen molar-refractivity contribution in [3.8, 4) is 22.5 Å². The summed E-state index contributed by atoms with van der Waals surface area (Å²) < 4.78 is 1.90. The lowest BCUT2D eigenvalue weighted by molar-refractivity contribution is 0.0951. The maximum absolute atomic E-state index is 12.4. The zero-order valence-electron chi connectivity index (χ0n) is 20.4. The van der Waals surface area contributed by atoms with Gasteiger partial charge in [-0.2, -0.15) is 5.10 Å². The molecule has 7 nitrogen and oxygen atoms in total. The summed E-state index contributed by atoms with van der Waals surface area (Å²) in [6, 6.07) is 20.2. The summed E-state index contributed by atoms with van der Waals surface area (Å²) in [6.45, 7) is 5.18. The predicted molar refractivity (Wildman–Crippen MR) is 143 cm³/mol. The van der Waals surface area contributed by atoms with E-state index in [0.29, 0.717) is 17.5 Å². The van der Waals surface area contributed by atoms with Crippen molar-refractivity contribution in [2.45, 2.75) is 32.7 Å². The number of carbonyl (C=O) groups excluding carboxylic acids is 1. The van der Waals surface area contributed by atoms with Gasteiger partial charge in [-0.05, 0) is 49.1 Å². The first kappa shape index (κ1) is 22.2. The maximum atomic E-state index is 12.4. The van der Waals surface area contributed by atoms with Crippen LogP contribution >= 0.6 is 0 Å². The quantitative estimate of drug-likeness (QED) is 0.321. The fourth-order valence-corrected chi connectivity index (χ4v) is 4.36. The third-order valence-corrected chi connectivity index (χ3v) is 6.45. The van der Waals surface area contributed by atoms with E-state index in [1.54, 1.807) is 6.20 Å². The van der Waals surface area contributed by atoms with E-state index in [-0.39, 0.29) is 5.91 Å². The fourth-order valence-electron chi connectivity index (χ4n) is 4.36. The summed E-state index contributed by atoms with van der Waals surface area (Å²) in [4.78, 5) is 21.7. The molecule has 180 valence electrons. The molecule has 1 fully saturated rings. The number of rotatable bonds is 7. The van der Waals surface area contributed by atoms with Crippen molar-refractivity contribution in [3.05, 3.63) is 78.6 Å². The minimum atomic E-state index is -0.0210. The fraction of sp³-hybridized carbons (Fsp3) is 0.241. The van der Waals surface area contributed by atoms with Gasteiger partial charge in [0.1, 0.15) is 0 Å². The van der Waals surface area contributed by atoms with Gasteiger partial charge in [-0.15, -0.1) is 0 Å². The van der Waals surface area contributed by atoms with E-state index < -0.39 is 0 Å². The Labute approximate surface area is 209 Å². The molecule has 0 unspecified atom stereocenters. The Hall–Kier alpha value is -4.26. The van der Waals surface area contributed by atoms with Crippen LogP contribution < -0.4 is 10.6 Å². The van der Waals surface area contributed by atoms with Crippen LogP contribution in [0.3, 0.4) is 0 Å². The van der Waals surface area contributed by atoms with E-state index in [2.05, 4.69) is 47.7 Å². The molecule has 1 aliphatic carbocycles. The van der Waals surface area contributed by atoms with Gasteiger partial charge < -0.3 is 10.6 Å². The van der Waals surface area contributed by atoms with Crippen LogP contribution in [-0.2, 0) is 0 Å². The van der Waals surface area contributed by atoms with Crippen molar-refractivity contribution in [2.75, 3.05) is 11.9 Å². The molecule has 0 aliphatic heterocycles. The van der Waals surface area contributed by atoms with Crippen molar-refractivity contribution in [1.82, 2.24) is 24.9 Å². The Morgan fingerprint density at radius 1 is 1.06 bits per heavy atom. The van der Waals surface area contributed by atoms with E-state index in [4.69, 9.17) is 10.1 Å². The number of amides is 1. The van der Waals surface area contributed by atoms with Crippen LogP contribution in [0.1, 0.15) is 37.0 Å². The van der Waals surface area contributed by atoms with Crippen molar-refractivity contribution in [3.63, 3.8) is 0 Å². The molecule has 1 amide bonds. The van der Waals surface area contributed by atoms with E-state index in [0.717, 1.165) is 64.1 Å². The van der Waals surface area contributed by atoms with Crippen LogP contribution in [0.5, 0.6) is 0 Å². The third-order valence-electron chi connectivity index (χ3n) is 6.45. The van der Waals surface area contributed by atoms with Crippen molar-refractivity contribution in [1.29, 1.82) is 0 Å². The molecule has 7 heteroatoms. The highest BCUT2D eigenvalue weighted by Crippen LogP contribution is 2.31. The van der Waals surface area contributed by atoms with Gasteiger partial charge in [-0.1, -0.05) is 44.2 Å². The third kappa shape index (κ3) is 4.28. The first-order chi connectivity index (χ1) is 17.6. The van der Waals surface area contributed by atoms with Crippen LogP contribution in [-0.4, -0.2) is 38.1 Å². The summed E-state index contributed by atoms with van der Waals surface area (Å²) in [5, 5.41) is 12.7. The Morgan fingerprint density at radius 3 is 2.67 bits per heavy atom. The number of nitrogens with zero attached hydrogens (tertiary/aromatic N) is 4. The van der Waals surface area contributed by atoms with Gasteiger partial charge in [-0.3, -0.25) is 9.78 Å². The summed E-state index contributed by atoms with van der Waals surface area (Å²) in [6.07, 6.45) is 5.79. The molecule has 1 saturated carbocycles. The van der Waals surface area contributed by atoms with Crippen LogP contribution in [0, 0.1) is 5.92 Å². The standard InChI is InChI=1S/C29H28N6O/c1-18(2)16-31-26-15-25(23-5-3-7-24-22(23)6-4-14-30-24)34-35-27(17-32-28(26)35)19-8-10-20(11-9-19)29(36)33-21-12-13-21/h3-11,14-15,17-18,21,31H,12-13,16H2,1-2H3,(H,33,36). The Bertz CT molecular complexity index is 1560. The van der Waals surface area contributed by atoms with Crippen molar-refractivity contribution >= 4 is 28.1 Å². The summed E-state index contributed by atoms with van der Waals surface area (Å²) in [5.74, 6) is 0.458. The van der Waals surface area contributed by atoms with Crippen LogP contribution in [0.15, 0.2) is 73.1 Å². The predicted octanol–water partition coefficient (Wildman–Crippen LogP) is 5.57. The van der Waals surface area contributed by atoms with Gasteiger partial charge in [0, 0.05) is 40.9 Å². The summed E-state index contributed by atoms with van der Waals surface area (Å²) >= 11 is 0. The van der Waals surface area contributed by atoms with Gasteiger partial charge in [0.25, 0.3) is 5.91 Å². The number of aromatic nitrogens is 4. The minimum Gasteiger partial charge on any atom is -0.382 e. The molecule has 0 atom stereocenters. The second kappa shape index (κ2) is 9.07. The summed E-state index contributed by atoms with van der Waals surface area (Å²) in [7, 11) is 0. The molecular formula is C29H28N6O. The normalized spacial score (nSPS) is 13.4. The SMILES string of the molecule is CC(C)CNc1cc(-c2cccc3ncccc23)nn2c(-c3ccc(C(=O)NC4CC4)cc3)cnc12. The van der Waals surface area contributed by atoms with Gasteiger partial charge in [0.15, 0.2) is 5.65 Å². The summed E-state index contributed by atoms with van der Waals surface area (Å²) in [5.41, 5.74) is 6.96. The highest BCUT2D eigenvalue weighted by Gasteiger charge is 2.24. The molecule has 1 aliphatic rings. The molecule has 36 heavy (non-hydrogen) atoms. The number of hydrogen-bond donors (Lipinski definition) is 2. The molecule has 0 radical (unpaired) electrons. The van der Waals surface area contributed by atoms with Crippen LogP contribution in [0.25, 0.3) is 39.1 Å². The van der Waals surface area contributed by atoms with Gasteiger partial charge in [0.05, 0.1) is 28.8 Å². The van der Waals surface area contributed by atoms with E-state index in [9.17, 15) is 4.79 Å². The van der Waals surface area contributed by atoms with Gasteiger partial charge in [-0.25, -0.2) is 9.50 Å². The highest BCUT2D eigenvalue weighted by molar-refractivity contribution is 5.95. The number of imidazole rings is 1. The minimum absolute atomic E-state index is 0.0210. The molecule has 2 aromatic carbocycles. The second-order valence-corrected chi connectivity index (χ2v) is 9.80. The Morgan fingerprint density at radius 2 is 1.89 bits per heavy atom. The average Bonchev–Trinajstić information content (AvgIpc) is 3.61. The topological polar surface area (TPSA) is 84.2 Å². The Balaban J connectivity index is 1.45. The molecule has 5 aromatic rings. The molecule has 0 saturated heterocycles. The molecule has 0 bridgehead atoms. The lowest BCUT2D eigenvalue weighted by atomic mass is 10.0. The molecule has 3 heterocycles. The first-order valence-corrected chi connectivity index (χ1v) is 12.4. The maximum Gasteiger partial charge on any atom is 0.251 e. The molecule has 0 spiro atoms. The zero-order chi connectivity index (χ0) is 24.6. The second-order valence-electron chi connectivity index (χ2n) is 9.80. The van der Waals surface area contributed by atoms with Crippen LogP contribution in [0.4, 0.5) is 5.69 Å². The number of hydrogen-bond acceptors (Lipinski definition) is 5. The number of benzene rings is 2. The van der Waals surface area contributed by atoms with Crippen molar-refractivity contribution in [2.24, 2.45) is 5.92 Å². The van der Waals surface area contributed by atoms with E-state index >= 15 is 0 Å². The first-order valence-electron chi connectivity index (χ1n) is 12.4. The Kier molecular flexibility index (Phi) is 5.60. The molecular weight excluding hydrogens is 448 g/mol. The lowest BCUT2D eigenvalue weighted by Gasteiger charge is -2.13. The zero-order valence-corrected chi connectivity index (χ0v) is 20.4. The largest absolute Gasteiger partial charge is 0.382 e. The molecule has 6 rings (SSSR count). The molecule has 3 aromatic heterocycles. The highest BCUT2D eigenvalue weighted by atomic mass is 16.1. The van der Waals surface area contributed by atoms with E-state index in [1.807, 2.05) is 53.2 Å². The number of anilines is 1. The number of carbonyl (C=O) groups is 1. The number of fused-ring (bicyclic) bond motifs is 2. The average molecular weight is 477 g/mol. The van der Waals surface area contributed by atoms with E-state index in [1.165, 1.54) is 0 Å². The van der Waals surface area contributed by atoms with Gasteiger partial charge in [0.2, 0.25) is 0 Å². The number of pyridine rings is 1. The van der Waals surface area contributed by atoms with Crippen molar-refractivity contribution < 1.29 is 4.79 Å². The monoisotopic (exact) mass is 476 g/mol. The number of nitrogens with one attached hydrogen (secondary N) is 2. The lowest BCUT2D eigenvalue weighted by Crippen LogP contribution is -2.25. The van der Waals surface area contributed by atoms with Crippen LogP contribution in [0.2, 0.25) is 0 Å².